The van der Waals surface area contributed by atoms with Crippen molar-refractivity contribution in [2.24, 2.45) is 0 Å². The number of benzene rings is 1. The molecule has 12 heteroatoms. The summed E-state index contributed by atoms with van der Waals surface area (Å²) in [5.74, 6) is -2.51. The van der Waals surface area contributed by atoms with Crippen LogP contribution in [0.5, 0.6) is 5.75 Å². The van der Waals surface area contributed by atoms with E-state index in [0.29, 0.717) is 31.3 Å². The van der Waals surface area contributed by atoms with E-state index in [1.165, 1.54) is 12.3 Å². The molecule has 0 aliphatic carbocycles. The van der Waals surface area contributed by atoms with Crippen LogP contribution < -0.4 is 5.43 Å². The second kappa shape index (κ2) is 10.6. The van der Waals surface area contributed by atoms with Gasteiger partial charge in [-0.3, -0.25) is 9.59 Å². The van der Waals surface area contributed by atoms with Gasteiger partial charge in [0.25, 0.3) is 5.91 Å². The van der Waals surface area contributed by atoms with E-state index < -0.39 is 28.7 Å². The van der Waals surface area contributed by atoms with Gasteiger partial charge in [-0.1, -0.05) is 17.4 Å². The highest BCUT2D eigenvalue weighted by molar-refractivity contribution is 7.14. The third-order valence-corrected chi connectivity index (χ3v) is 6.66. The maximum Gasteiger partial charge on any atom is 0.274 e. The lowest BCUT2D eigenvalue weighted by Crippen LogP contribution is -2.45. The molecule has 186 valence electrons. The number of pyridine rings is 1. The molecule has 0 saturated heterocycles. The Morgan fingerprint density at radius 2 is 2.03 bits per heavy atom. The molecule has 9 nitrogen and oxygen atoms in total. The van der Waals surface area contributed by atoms with Crippen molar-refractivity contribution in [1.29, 1.82) is 0 Å². The SMILES string of the molecule is CCN1C[C@@H](COCCOC)n2cc(-c3nnc(Cc4ccc(F)cc4F)s3)c(=O)c(O)c2C1=O. The molecule has 0 unspecified atom stereocenters. The van der Waals surface area contributed by atoms with Crippen LogP contribution in [0.3, 0.4) is 0 Å². The molecule has 0 fully saturated rings. The molecule has 0 bridgehead atoms. The number of fused-ring (bicyclic) bond motifs is 1. The Kier molecular flexibility index (Phi) is 7.53. The minimum Gasteiger partial charge on any atom is -0.503 e. The van der Waals surface area contributed by atoms with Crippen molar-refractivity contribution in [3.8, 4) is 16.3 Å². The van der Waals surface area contributed by atoms with Gasteiger partial charge in [0.1, 0.15) is 16.6 Å². The number of amides is 1. The van der Waals surface area contributed by atoms with Gasteiger partial charge in [0, 0.05) is 38.9 Å². The number of hydrogen-bond donors (Lipinski definition) is 1. The number of rotatable bonds is 9. The summed E-state index contributed by atoms with van der Waals surface area (Å²) in [5.41, 5.74) is -0.561. The molecule has 1 amide bonds. The predicted molar refractivity (Wildman–Crippen MR) is 124 cm³/mol. The summed E-state index contributed by atoms with van der Waals surface area (Å²) in [6.07, 6.45) is 1.54. The number of aromatic hydroxyl groups is 1. The van der Waals surface area contributed by atoms with E-state index in [0.717, 1.165) is 23.5 Å². The Morgan fingerprint density at radius 3 is 2.74 bits per heavy atom. The predicted octanol–water partition coefficient (Wildman–Crippen LogP) is 2.62. The average molecular weight is 507 g/mol. The van der Waals surface area contributed by atoms with Crippen molar-refractivity contribution < 1.29 is 28.2 Å². The summed E-state index contributed by atoms with van der Waals surface area (Å²) < 4.78 is 39.4. The fourth-order valence-electron chi connectivity index (χ4n) is 3.88. The number of likely N-dealkylation sites (N-methyl/N-ethyl adjacent to an activating group) is 1. The quantitative estimate of drug-likeness (QED) is 0.445. The monoisotopic (exact) mass is 506 g/mol. The van der Waals surface area contributed by atoms with Crippen LogP contribution in [0.1, 0.15) is 34.0 Å². The summed E-state index contributed by atoms with van der Waals surface area (Å²) in [6, 6.07) is 2.91. The van der Waals surface area contributed by atoms with Gasteiger partial charge >= 0.3 is 0 Å². The molecular formula is C23H24F2N4O5S. The highest BCUT2D eigenvalue weighted by Gasteiger charge is 2.34. The lowest BCUT2D eigenvalue weighted by atomic mass is 10.1. The zero-order chi connectivity index (χ0) is 25.1. The van der Waals surface area contributed by atoms with Crippen LogP contribution >= 0.6 is 11.3 Å². The van der Waals surface area contributed by atoms with Crippen LogP contribution in [0.2, 0.25) is 0 Å². The fraction of sp³-hybridized carbons (Fsp3) is 0.391. The lowest BCUT2D eigenvalue weighted by Gasteiger charge is -2.35. The number of aromatic nitrogens is 3. The maximum absolute atomic E-state index is 14.0. The number of ether oxygens (including phenoxy) is 2. The number of hydrogen-bond acceptors (Lipinski definition) is 8. The van der Waals surface area contributed by atoms with E-state index in [4.69, 9.17) is 9.47 Å². The third-order valence-electron chi connectivity index (χ3n) is 5.70. The van der Waals surface area contributed by atoms with Gasteiger partial charge in [-0.15, -0.1) is 10.2 Å². The zero-order valence-electron chi connectivity index (χ0n) is 19.2. The standard InChI is InChI=1S/C23H24F2N4O5S/c1-3-28-10-15(12-34-7-6-33-2)29-11-16(20(30)21(31)19(29)23(28)32)22-27-26-18(35-22)8-13-4-5-14(24)9-17(13)25/h4-5,9,11,15,31H,3,6-8,10,12H2,1-2H3/t15-/m0/s1. The van der Waals surface area contributed by atoms with Gasteiger partial charge in [0.15, 0.2) is 16.5 Å². The summed E-state index contributed by atoms with van der Waals surface area (Å²) in [4.78, 5) is 27.5. The average Bonchev–Trinajstić information content (AvgIpc) is 3.30. The summed E-state index contributed by atoms with van der Waals surface area (Å²) in [7, 11) is 1.56. The first-order valence-corrected chi connectivity index (χ1v) is 11.8. The second-order valence-electron chi connectivity index (χ2n) is 7.96. The molecule has 4 rings (SSSR count). The smallest absolute Gasteiger partial charge is 0.274 e. The first-order chi connectivity index (χ1) is 16.8. The van der Waals surface area contributed by atoms with E-state index in [1.54, 1.807) is 16.6 Å². The van der Waals surface area contributed by atoms with Crippen LogP contribution in [-0.2, 0) is 15.9 Å². The molecular weight excluding hydrogens is 482 g/mol. The second-order valence-corrected chi connectivity index (χ2v) is 9.02. The van der Waals surface area contributed by atoms with Crippen LogP contribution in [0.4, 0.5) is 8.78 Å². The topological polar surface area (TPSA) is 107 Å². The summed E-state index contributed by atoms with van der Waals surface area (Å²) in [5, 5.41) is 19.4. The number of nitrogens with zero attached hydrogens (tertiary/aromatic N) is 4. The Balaban J connectivity index is 1.69. The minimum atomic E-state index is -0.753. The molecule has 0 spiro atoms. The van der Waals surface area contributed by atoms with Gasteiger partial charge in [-0.25, -0.2) is 8.78 Å². The van der Waals surface area contributed by atoms with Gasteiger partial charge in [-0.05, 0) is 18.6 Å². The number of carbonyl (C=O) groups excluding carboxylic acids is 1. The van der Waals surface area contributed by atoms with E-state index >= 15 is 0 Å². The highest BCUT2D eigenvalue weighted by Crippen LogP contribution is 2.31. The van der Waals surface area contributed by atoms with E-state index in [1.807, 2.05) is 6.92 Å². The first-order valence-electron chi connectivity index (χ1n) is 10.9. The van der Waals surface area contributed by atoms with Crippen molar-refractivity contribution in [2.45, 2.75) is 19.4 Å². The Morgan fingerprint density at radius 1 is 1.23 bits per heavy atom. The molecule has 0 saturated carbocycles. The Bertz CT molecular complexity index is 1300. The van der Waals surface area contributed by atoms with Crippen molar-refractivity contribution >= 4 is 17.2 Å². The van der Waals surface area contributed by atoms with Gasteiger partial charge in [0.2, 0.25) is 5.43 Å². The summed E-state index contributed by atoms with van der Waals surface area (Å²) >= 11 is 1.05. The molecule has 35 heavy (non-hydrogen) atoms. The fourth-order valence-corrected chi connectivity index (χ4v) is 4.75. The van der Waals surface area contributed by atoms with E-state index in [9.17, 15) is 23.5 Å². The largest absolute Gasteiger partial charge is 0.503 e. The lowest BCUT2D eigenvalue weighted by molar-refractivity contribution is 0.0348. The van der Waals surface area contributed by atoms with Crippen LogP contribution in [0.15, 0.2) is 29.2 Å². The van der Waals surface area contributed by atoms with Gasteiger partial charge in [0.05, 0.1) is 31.4 Å². The van der Waals surface area contributed by atoms with Crippen LogP contribution in [0, 0.1) is 11.6 Å². The summed E-state index contributed by atoms with van der Waals surface area (Å²) in [6.45, 7) is 3.53. The third kappa shape index (κ3) is 5.09. The van der Waals surface area contributed by atoms with Crippen molar-refractivity contribution in [1.82, 2.24) is 19.7 Å². The van der Waals surface area contributed by atoms with Crippen LogP contribution in [-0.4, -0.2) is 70.7 Å². The molecule has 3 aromatic rings. The van der Waals surface area contributed by atoms with Crippen molar-refractivity contribution in [3.05, 3.63) is 62.5 Å². The van der Waals surface area contributed by atoms with Gasteiger partial charge < -0.3 is 24.0 Å². The molecule has 2 aromatic heterocycles. The highest BCUT2D eigenvalue weighted by atomic mass is 32.1. The number of methoxy groups -OCH3 is 1. The van der Waals surface area contributed by atoms with Crippen LogP contribution in [0.25, 0.3) is 10.6 Å². The molecule has 1 aliphatic rings. The molecule has 0 radical (unpaired) electrons. The van der Waals surface area contributed by atoms with Gasteiger partial charge in [-0.2, -0.15) is 0 Å². The normalized spacial score (nSPS) is 15.5. The number of carbonyl (C=O) groups is 1. The number of halogens is 2. The minimum absolute atomic E-state index is 0.0575. The molecule has 3 heterocycles. The van der Waals surface area contributed by atoms with Crippen molar-refractivity contribution in [2.75, 3.05) is 40.0 Å². The van der Waals surface area contributed by atoms with Crippen molar-refractivity contribution in [3.63, 3.8) is 0 Å². The molecule has 1 aromatic carbocycles. The van der Waals surface area contributed by atoms with E-state index in [2.05, 4.69) is 10.2 Å². The first kappa shape index (κ1) is 24.9. The Hall–Kier alpha value is -3.22. The molecule has 1 aliphatic heterocycles. The Labute approximate surface area is 203 Å². The molecule has 1 N–H and O–H groups in total. The van der Waals surface area contributed by atoms with E-state index in [-0.39, 0.29) is 40.9 Å². The maximum atomic E-state index is 14.0. The zero-order valence-corrected chi connectivity index (χ0v) is 20.0. The molecule has 1 atom stereocenters.